The zero-order chi connectivity index (χ0) is 14.8. The molecule has 4 nitrogen and oxygen atoms in total. The first-order valence-electron chi connectivity index (χ1n) is 7.82. The van der Waals surface area contributed by atoms with E-state index in [-0.39, 0.29) is 29.9 Å². The molecule has 5 heteroatoms. The summed E-state index contributed by atoms with van der Waals surface area (Å²) in [6.07, 6.45) is 5.75. The highest BCUT2D eigenvalue weighted by Gasteiger charge is 2.42. The van der Waals surface area contributed by atoms with E-state index in [0.717, 1.165) is 25.7 Å². The zero-order valence-corrected chi connectivity index (χ0v) is 13.2. The second-order valence-corrected chi connectivity index (χ2v) is 7.03. The van der Waals surface area contributed by atoms with Crippen LogP contribution < -0.4 is 5.32 Å². The van der Waals surface area contributed by atoms with Gasteiger partial charge in [0.25, 0.3) is 0 Å². The number of amides is 2. The first-order valence-corrected chi connectivity index (χ1v) is 8.70. The molecule has 3 rings (SSSR count). The molecule has 0 bridgehead atoms. The molecule has 2 atom stereocenters. The van der Waals surface area contributed by atoms with Gasteiger partial charge in [-0.25, -0.2) is 0 Å². The standard InChI is InChI=1S/C16H22N2O2S/c1-11(14-8-5-9-21-14)17-13-10-15(19)18(16(13)20)12-6-3-2-4-7-12/h5,8-9,11-13,17H,2-4,6-7,10H2,1H3. The molecule has 1 aromatic rings. The summed E-state index contributed by atoms with van der Waals surface area (Å²) in [5.74, 6) is -0.0157. The van der Waals surface area contributed by atoms with Crippen molar-refractivity contribution < 1.29 is 9.59 Å². The van der Waals surface area contributed by atoms with Crippen LogP contribution in [0.4, 0.5) is 0 Å². The van der Waals surface area contributed by atoms with Crippen LogP contribution in [0, 0.1) is 0 Å². The first kappa shape index (κ1) is 14.7. The van der Waals surface area contributed by atoms with Crippen molar-refractivity contribution in [3.63, 3.8) is 0 Å². The minimum absolute atomic E-state index is 0.00257. The van der Waals surface area contributed by atoms with Gasteiger partial charge in [-0.05, 0) is 31.2 Å². The molecule has 21 heavy (non-hydrogen) atoms. The fourth-order valence-electron chi connectivity index (χ4n) is 3.43. The van der Waals surface area contributed by atoms with Crippen LogP contribution in [0.15, 0.2) is 17.5 Å². The van der Waals surface area contributed by atoms with E-state index in [1.165, 1.54) is 11.3 Å². The molecule has 0 radical (unpaired) electrons. The Balaban J connectivity index is 1.65. The maximum absolute atomic E-state index is 12.6. The zero-order valence-electron chi connectivity index (χ0n) is 12.4. The molecule has 1 aliphatic carbocycles. The lowest BCUT2D eigenvalue weighted by atomic mass is 9.94. The van der Waals surface area contributed by atoms with Gasteiger partial charge in [0, 0.05) is 17.0 Å². The van der Waals surface area contributed by atoms with Crippen LogP contribution in [0.3, 0.4) is 0 Å². The summed E-state index contributed by atoms with van der Waals surface area (Å²) in [4.78, 5) is 27.6. The molecule has 2 aliphatic rings. The lowest BCUT2D eigenvalue weighted by Crippen LogP contribution is -2.45. The maximum atomic E-state index is 12.6. The van der Waals surface area contributed by atoms with Crippen LogP contribution >= 0.6 is 11.3 Å². The number of rotatable bonds is 4. The lowest BCUT2D eigenvalue weighted by molar-refractivity contribution is -0.142. The largest absolute Gasteiger partial charge is 0.298 e. The number of nitrogens with one attached hydrogen (secondary N) is 1. The van der Waals surface area contributed by atoms with Gasteiger partial charge in [0.1, 0.15) is 0 Å². The van der Waals surface area contributed by atoms with Crippen molar-refractivity contribution in [2.24, 2.45) is 0 Å². The van der Waals surface area contributed by atoms with Crippen LogP contribution in [-0.4, -0.2) is 28.8 Å². The second kappa shape index (κ2) is 6.28. The Bertz CT molecular complexity index is 508. The minimum Gasteiger partial charge on any atom is -0.298 e. The molecule has 1 aromatic heterocycles. The van der Waals surface area contributed by atoms with E-state index in [1.807, 2.05) is 18.4 Å². The number of thiophene rings is 1. The summed E-state index contributed by atoms with van der Waals surface area (Å²) in [5.41, 5.74) is 0. The lowest BCUT2D eigenvalue weighted by Gasteiger charge is -2.30. The average Bonchev–Trinajstić information content (AvgIpc) is 3.09. The molecule has 0 spiro atoms. The van der Waals surface area contributed by atoms with Gasteiger partial charge in [0.15, 0.2) is 0 Å². The molecule has 114 valence electrons. The fourth-order valence-corrected chi connectivity index (χ4v) is 4.17. The highest BCUT2D eigenvalue weighted by molar-refractivity contribution is 7.10. The first-order chi connectivity index (χ1) is 10.2. The number of carbonyl (C=O) groups excluding carboxylic acids is 2. The molecule has 1 N–H and O–H groups in total. The minimum atomic E-state index is -0.350. The monoisotopic (exact) mass is 306 g/mol. The number of imide groups is 1. The molecule has 2 heterocycles. The molecule has 2 amide bonds. The Kier molecular flexibility index (Phi) is 4.40. The Labute approximate surface area is 129 Å². The third-order valence-electron chi connectivity index (χ3n) is 4.54. The van der Waals surface area contributed by atoms with E-state index < -0.39 is 0 Å². The third kappa shape index (κ3) is 3.04. The highest BCUT2D eigenvalue weighted by Crippen LogP contribution is 2.28. The van der Waals surface area contributed by atoms with E-state index in [4.69, 9.17) is 0 Å². The predicted molar refractivity (Wildman–Crippen MR) is 83.0 cm³/mol. The van der Waals surface area contributed by atoms with Gasteiger partial charge in [-0.2, -0.15) is 0 Å². The number of hydrogen-bond donors (Lipinski definition) is 1. The van der Waals surface area contributed by atoms with E-state index in [1.54, 1.807) is 16.2 Å². The number of hydrogen-bond acceptors (Lipinski definition) is 4. The Morgan fingerprint density at radius 2 is 2.05 bits per heavy atom. The molecular weight excluding hydrogens is 284 g/mol. The summed E-state index contributed by atoms with van der Waals surface area (Å²) in [6, 6.07) is 3.97. The SMILES string of the molecule is CC(NC1CC(=O)N(C2CCCCC2)C1=O)c1cccs1. The van der Waals surface area contributed by atoms with E-state index in [2.05, 4.69) is 11.4 Å². The molecule has 1 aliphatic heterocycles. The molecule has 2 unspecified atom stereocenters. The Morgan fingerprint density at radius 1 is 1.29 bits per heavy atom. The van der Waals surface area contributed by atoms with Gasteiger partial charge in [0.2, 0.25) is 11.8 Å². The summed E-state index contributed by atoms with van der Waals surface area (Å²) in [7, 11) is 0. The molecule has 1 saturated heterocycles. The van der Waals surface area contributed by atoms with Gasteiger partial charge >= 0.3 is 0 Å². The van der Waals surface area contributed by atoms with Crippen LogP contribution in [0.2, 0.25) is 0 Å². The molecule has 2 fully saturated rings. The quantitative estimate of drug-likeness (QED) is 0.870. The normalized spacial score (nSPS) is 25.6. The van der Waals surface area contributed by atoms with Gasteiger partial charge in [-0.1, -0.05) is 25.3 Å². The van der Waals surface area contributed by atoms with Gasteiger partial charge in [0.05, 0.1) is 12.5 Å². The highest BCUT2D eigenvalue weighted by atomic mass is 32.1. The second-order valence-electron chi connectivity index (χ2n) is 6.05. The summed E-state index contributed by atoms with van der Waals surface area (Å²) < 4.78 is 0. The van der Waals surface area contributed by atoms with Crippen molar-refractivity contribution in [2.75, 3.05) is 0 Å². The average molecular weight is 306 g/mol. The van der Waals surface area contributed by atoms with Crippen molar-refractivity contribution >= 4 is 23.2 Å². The van der Waals surface area contributed by atoms with E-state index >= 15 is 0 Å². The van der Waals surface area contributed by atoms with Crippen LogP contribution in [-0.2, 0) is 9.59 Å². The number of nitrogens with zero attached hydrogens (tertiary/aromatic N) is 1. The maximum Gasteiger partial charge on any atom is 0.247 e. The molecule has 1 saturated carbocycles. The van der Waals surface area contributed by atoms with Gasteiger partial charge in [-0.3, -0.25) is 19.8 Å². The van der Waals surface area contributed by atoms with Crippen molar-refractivity contribution in [1.82, 2.24) is 10.2 Å². The van der Waals surface area contributed by atoms with Crippen LogP contribution in [0.25, 0.3) is 0 Å². The molecular formula is C16H22N2O2S. The van der Waals surface area contributed by atoms with E-state index in [0.29, 0.717) is 6.42 Å². The summed E-state index contributed by atoms with van der Waals surface area (Å²) >= 11 is 1.67. The Hall–Kier alpha value is -1.20. The van der Waals surface area contributed by atoms with Crippen LogP contribution in [0.1, 0.15) is 56.4 Å². The van der Waals surface area contributed by atoms with Crippen LogP contribution in [0.5, 0.6) is 0 Å². The van der Waals surface area contributed by atoms with Gasteiger partial charge in [-0.15, -0.1) is 11.3 Å². The van der Waals surface area contributed by atoms with Gasteiger partial charge < -0.3 is 0 Å². The topological polar surface area (TPSA) is 49.4 Å². The van der Waals surface area contributed by atoms with Crippen molar-refractivity contribution in [3.8, 4) is 0 Å². The third-order valence-corrected chi connectivity index (χ3v) is 5.60. The predicted octanol–water partition coefficient (Wildman–Crippen LogP) is 2.86. The number of carbonyl (C=O) groups is 2. The molecule has 0 aromatic carbocycles. The summed E-state index contributed by atoms with van der Waals surface area (Å²) in [6.45, 7) is 2.05. The van der Waals surface area contributed by atoms with Crippen molar-refractivity contribution in [2.45, 2.75) is 63.6 Å². The number of likely N-dealkylation sites (tertiary alicyclic amines) is 1. The van der Waals surface area contributed by atoms with Crippen molar-refractivity contribution in [1.29, 1.82) is 0 Å². The Morgan fingerprint density at radius 3 is 2.71 bits per heavy atom. The van der Waals surface area contributed by atoms with E-state index in [9.17, 15) is 9.59 Å². The summed E-state index contributed by atoms with van der Waals surface area (Å²) in [5, 5.41) is 5.36. The fraction of sp³-hybridized carbons (Fsp3) is 0.625. The smallest absolute Gasteiger partial charge is 0.247 e. The van der Waals surface area contributed by atoms with Crippen molar-refractivity contribution in [3.05, 3.63) is 22.4 Å².